The Bertz CT molecular complexity index is 1100. The summed E-state index contributed by atoms with van der Waals surface area (Å²) in [7, 11) is 1.75. The number of nitrogens with zero attached hydrogens (tertiary/aromatic N) is 2. The second-order valence-corrected chi connectivity index (χ2v) is 7.32. The second kappa shape index (κ2) is 9.20. The summed E-state index contributed by atoms with van der Waals surface area (Å²) in [5, 5.41) is 4.33. The van der Waals surface area contributed by atoms with Crippen molar-refractivity contribution in [3.8, 4) is 0 Å². The molecule has 152 valence electrons. The standard InChI is InChI=1S/C22H23ClFN3O2/c1-3-27(11-10-21(28)25-16-8-9-20(24)19(23)12-16)14-15-13-26(2)22(29)18-7-5-4-6-17(15)18/h4-9,12-13H,3,10-11,14H2,1-2H3,(H,25,28). The predicted molar refractivity (Wildman–Crippen MR) is 115 cm³/mol. The van der Waals surface area contributed by atoms with Gasteiger partial charge in [0.05, 0.1) is 5.02 Å². The molecule has 29 heavy (non-hydrogen) atoms. The van der Waals surface area contributed by atoms with Crippen LogP contribution in [0.25, 0.3) is 10.8 Å². The van der Waals surface area contributed by atoms with E-state index in [1.807, 2.05) is 37.4 Å². The van der Waals surface area contributed by atoms with Crippen molar-refractivity contribution in [2.75, 3.05) is 18.4 Å². The summed E-state index contributed by atoms with van der Waals surface area (Å²) < 4.78 is 14.8. The van der Waals surface area contributed by atoms with Gasteiger partial charge in [-0.2, -0.15) is 0 Å². The number of aryl methyl sites for hydroxylation is 1. The van der Waals surface area contributed by atoms with Gasteiger partial charge >= 0.3 is 0 Å². The van der Waals surface area contributed by atoms with Gasteiger partial charge in [0.1, 0.15) is 5.82 Å². The number of anilines is 1. The monoisotopic (exact) mass is 415 g/mol. The van der Waals surface area contributed by atoms with E-state index < -0.39 is 5.82 Å². The van der Waals surface area contributed by atoms with Crippen molar-refractivity contribution < 1.29 is 9.18 Å². The zero-order valence-electron chi connectivity index (χ0n) is 16.4. The Morgan fingerprint density at radius 1 is 1.21 bits per heavy atom. The fraction of sp³-hybridized carbons (Fsp3) is 0.273. The van der Waals surface area contributed by atoms with Gasteiger partial charge in [0.2, 0.25) is 5.91 Å². The van der Waals surface area contributed by atoms with Crippen LogP contribution in [0.3, 0.4) is 0 Å². The normalized spacial score (nSPS) is 11.2. The van der Waals surface area contributed by atoms with E-state index >= 15 is 0 Å². The van der Waals surface area contributed by atoms with Crippen LogP contribution in [-0.2, 0) is 18.4 Å². The lowest BCUT2D eigenvalue weighted by Gasteiger charge is -2.21. The highest BCUT2D eigenvalue weighted by molar-refractivity contribution is 6.31. The van der Waals surface area contributed by atoms with Crippen LogP contribution in [0.2, 0.25) is 5.02 Å². The number of pyridine rings is 1. The van der Waals surface area contributed by atoms with Crippen LogP contribution in [0.15, 0.2) is 53.5 Å². The van der Waals surface area contributed by atoms with Gasteiger partial charge in [-0.3, -0.25) is 14.5 Å². The van der Waals surface area contributed by atoms with Gasteiger partial charge in [-0.1, -0.05) is 36.7 Å². The first-order valence-corrected chi connectivity index (χ1v) is 9.81. The van der Waals surface area contributed by atoms with Crippen LogP contribution >= 0.6 is 11.6 Å². The van der Waals surface area contributed by atoms with Gasteiger partial charge in [-0.25, -0.2) is 4.39 Å². The van der Waals surface area contributed by atoms with Crippen molar-refractivity contribution in [1.82, 2.24) is 9.47 Å². The van der Waals surface area contributed by atoms with E-state index in [9.17, 15) is 14.0 Å². The maximum atomic E-state index is 13.2. The first kappa shape index (κ1) is 21.0. The molecule has 0 spiro atoms. The van der Waals surface area contributed by atoms with E-state index in [0.717, 1.165) is 17.5 Å². The number of aromatic nitrogens is 1. The molecule has 1 heterocycles. The SMILES string of the molecule is CCN(CCC(=O)Nc1ccc(F)c(Cl)c1)Cc1cn(C)c(=O)c2ccccc12. The molecule has 0 atom stereocenters. The fourth-order valence-electron chi connectivity index (χ4n) is 3.27. The molecule has 1 amide bonds. The smallest absolute Gasteiger partial charge is 0.258 e. The Labute approximate surface area is 173 Å². The van der Waals surface area contributed by atoms with Crippen molar-refractivity contribution in [3.63, 3.8) is 0 Å². The molecule has 7 heteroatoms. The Hall–Kier alpha value is -2.70. The lowest BCUT2D eigenvalue weighted by atomic mass is 10.1. The number of hydrogen-bond acceptors (Lipinski definition) is 3. The average molecular weight is 416 g/mol. The van der Waals surface area contributed by atoms with Crippen LogP contribution in [0.5, 0.6) is 0 Å². The molecule has 3 aromatic rings. The molecule has 0 saturated heterocycles. The minimum atomic E-state index is -0.522. The van der Waals surface area contributed by atoms with E-state index in [0.29, 0.717) is 24.2 Å². The minimum Gasteiger partial charge on any atom is -0.326 e. The third-order valence-corrected chi connectivity index (χ3v) is 5.16. The number of nitrogens with one attached hydrogen (secondary N) is 1. The van der Waals surface area contributed by atoms with E-state index in [1.54, 1.807) is 11.6 Å². The Morgan fingerprint density at radius 2 is 1.93 bits per heavy atom. The Kier molecular flexibility index (Phi) is 6.67. The van der Waals surface area contributed by atoms with Crippen LogP contribution in [0.1, 0.15) is 18.9 Å². The molecule has 0 fully saturated rings. The van der Waals surface area contributed by atoms with E-state index in [-0.39, 0.29) is 22.9 Å². The number of rotatable bonds is 7. The molecule has 0 saturated carbocycles. The fourth-order valence-corrected chi connectivity index (χ4v) is 3.45. The maximum absolute atomic E-state index is 13.2. The lowest BCUT2D eigenvalue weighted by Crippen LogP contribution is -2.28. The summed E-state index contributed by atoms with van der Waals surface area (Å²) >= 11 is 5.75. The summed E-state index contributed by atoms with van der Waals surface area (Å²) in [4.78, 5) is 26.7. The van der Waals surface area contributed by atoms with Crippen molar-refractivity contribution in [1.29, 1.82) is 0 Å². The zero-order valence-corrected chi connectivity index (χ0v) is 17.2. The molecule has 1 aromatic heterocycles. The van der Waals surface area contributed by atoms with Crippen molar-refractivity contribution in [2.45, 2.75) is 19.9 Å². The Balaban J connectivity index is 1.67. The molecule has 0 bridgehead atoms. The maximum Gasteiger partial charge on any atom is 0.258 e. The summed E-state index contributed by atoms with van der Waals surface area (Å²) in [6.07, 6.45) is 2.14. The number of halogens is 2. The zero-order chi connectivity index (χ0) is 21.0. The molecule has 0 aliphatic rings. The van der Waals surface area contributed by atoms with Gasteiger partial charge in [0, 0.05) is 43.8 Å². The van der Waals surface area contributed by atoms with Crippen molar-refractivity contribution in [2.24, 2.45) is 7.05 Å². The average Bonchev–Trinajstić information content (AvgIpc) is 2.71. The number of carbonyl (C=O) groups is 1. The van der Waals surface area contributed by atoms with Gasteiger partial charge in [-0.15, -0.1) is 0 Å². The summed E-state index contributed by atoms with van der Waals surface area (Å²) in [5.74, 6) is -0.692. The predicted octanol–water partition coefficient (Wildman–Crippen LogP) is 4.18. The van der Waals surface area contributed by atoms with Crippen molar-refractivity contribution in [3.05, 3.63) is 75.4 Å². The van der Waals surface area contributed by atoms with Gasteiger partial charge in [0.25, 0.3) is 5.56 Å². The molecular weight excluding hydrogens is 393 g/mol. The quantitative estimate of drug-likeness (QED) is 0.629. The molecule has 5 nitrogen and oxygen atoms in total. The molecule has 0 radical (unpaired) electrons. The van der Waals surface area contributed by atoms with Crippen LogP contribution in [0, 0.1) is 5.82 Å². The van der Waals surface area contributed by atoms with E-state index in [4.69, 9.17) is 11.6 Å². The summed E-state index contributed by atoms with van der Waals surface area (Å²) in [6.45, 7) is 3.96. The molecule has 3 rings (SSSR count). The lowest BCUT2D eigenvalue weighted by molar-refractivity contribution is -0.116. The van der Waals surface area contributed by atoms with Crippen molar-refractivity contribution >= 4 is 34.0 Å². The summed E-state index contributed by atoms with van der Waals surface area (Å²) in [6, 6.07) is 11.7. The van der Waals surface area contributed by atoms with Crippen LogP contribution in [-0.4, -0.2) is 28.5 Å². The van der Waals surface area contributed by atoms with E-state index in [1.165, 1.54) is 18.2 Å². The van der Waals surface area contributed by atoms with Gasteiger partial charge in [-0.05, 0) is 41.8 Å². The minimum absolute atomic E-state index is 0.0234. The van der Waals surface area contributed by atoms with E-state index in [2.05, 4.69) is 10.2 Å². The molecule has 2 aromatic carbocycles. The summed E-state index contributed by atoms with van der Waals surface area (Å²) in [5.41, 5.74) is 1.48. The highest BCUT2D eigenvalue weighted by atomic mass is 35.5. The van der Waals surface area contributed by atoms with Crippen LogP contribution in [0.4, 0.5) is 10.1 Å². The topological polar surface area (TPSA) is 54.3 Å². The molecular formula is C22H23ClFN3O2. The third-order valence-electron chi connectivity index (χ3n) is 4.87. The second-order valence-electron chi connectivity index (χ2n) is 6.91. The highest BCUT2D eigenvalue weighted by Crippen LogP contribution is 2.20. The molecule has 0 unspecified atom stereocenters. The molecule has 1 N–H and O–H groups in total. The molecule has 0 aliphatic carbocycles. The number of fused-ring (bicyclic) bond motifs is 1. The number of carbonyl (C=O) groups excluding carboxylic acids is 1. The Morgan fingerprint density at radius 3 is 2.62 bits per heavy atom. The first-order chi connectivity index (χ1) is 13.9. The first-order valence-electron chi connectivity index (χ1n) is 9.43. The van der Waals surface area contributed by atoms with Gasteiger partial charge < -0.3 is 9.88 Å². The van der Waals surface area contributed by atoms with Gasteiger partial charge in [0.15, 0.2) is 0 Å². The number of amides is 1. The van der Waals surface area contributed by atoms with Crippen LogP contribution < -0.4 is 10.9 Å². The largest absolute Gasteiger partial charge is 0.326 e. The third kappa shape index (κ3) is 5.02. The highest BCUT2D eigenvalue weighted by Gasteiger charge is 2.12. The molecule has 0 aliphatic heterocycles. The number of benzene rings is 2. The number of hydrogen-bond donors (Lipinski definition) is 1.